The third-order valence-electron chi connectivity index (χ3n) is 5.45. The number of fused-ring (bicyclic) bond motifs is 1. The number of pyridine rings is 1. The highest BCUT2D eigenvalue weighted by atomic mass is 35.5. The quantitative estimate of drug-likeness (QED) is 0.531. The zero-order valence-electron chi connectivity index (χ0n) is 17.0. The van der Waals surface area contributed by atoms with Crippen molar-refractivity contribution < 1.29 is 9.05 Å². The molecule has 9 heteroatoms. The van der Waals surface area contributed by atoms with Crippen molar-refractivity contribution in [1.29, 1.82) is 0 Å². The van der Waals surface area contributed by atoms with Gasteiger partial charge in [-0.3, -0.25) is 4.90 Å². The van der Waals surface area contributed by atoms with Crippen molar-refractivity contribution in [3.63, 3.8) is 0 Å². The largest absolute Gasteiger partial charge is 0.335 e. The van der Waals surface area contributed by atoms with Gasteiger partial charge in [0.05, 0.1) is 28.4 Å². The molecular formula is C21H23ClN6O2. The zero-order valence-corrected chi connectivity index (χ0v) is 17.9. The predicted molar refractivity (Wildman–Crippen MR) is 115 cm³/mol. The number of benzene rings is 1. The van der Waals surface area contributed by atoms with Gasteiger partial charge in [-0.15, -0.1) is 12.4 Å². The number of piperazine rings is 1. The normalized spacial score (nSPS) is 17.2. The average molecular weight is 427 g/mol. The standard InChI is InChI=1S/C21H22N6O2.ClH/c1-12-4-6-14(7-5-12)16-10-15(18-13(2)25-29-21(18)23-16)20-24-19(26-28-20)17-11-22-8-9-27(17)3;/h4-7,10,17,22H,8-9,11H2,1-3H3;1H. The molecule has 5 rings (SSSR count). The lowest BCUT2D eigenvalue weighted by molar-refractivity contribution is 0.190. The van der Waals surface area contributed by atoms with Gasteiger partial charge in [-0.2, -0.15) is 4.98 Å². The lowest BCUT2D eigenvalue weighted by Crippen LogP contribution is -2.44. The fraction of sp³-hybridized carbons (Fsp3) is 0.333. The van der Waals surface area contributed by atoms with Crippen LogP contribution in [0.1, 0.15) is 23.1 Å². The van der Waals surface area contributed by atoms with Crippen molar-refractivity contribution >= 4 is 23.5 Å². The molecule has 0 amide bonds. The molecule has 0 aliphatic carbocycles. The Morgan fingerprint density at radius 1 is 1.07 bits per heavy atom. The molecule has 3 aromatic heterocycles. The summed E-state index contributed by atoms with van der Waals surface area (Å²) in [6.45, 7) is 6.64. The highest BCUT2D eigenvalue weighted by Crippen LogP contribution is 2.34. The van der Waals surface area contributed by atoms with E-state index in [1.807, 2.05) is 25.1 Å². The second-order valence-corrected chi connectivity index (χ2v) is 7.53. The van der Waals surface area contributed by atoms with Gasteiger partial charge < -0.3 is 14.4 Å². The highest BCUT2D eigenvalue weighted by molar-refractivity contribution is 5.93. The maximum absolute atomic E-state index is 5.68. The molecule has 30 heavy (non-hydrogen) atoms. The molecule has 1 N–H and O–H groups in total. The molecule has 1 fully saturated rings. The summed E-state index contributed by atoms with van der Waals surface area (Å²) in [7, 11) is 2.08. The Hall–Kier alpha value is -2.81. The zero-order chi connectivity index (χ0) is 20.0. The lowest BCUT2D eigenvalue weighted by atomic mass is 10.0. The number of aryl methyl sites for hydroxylation is 2. The molecule has 1 aliphatic heterocycles. The van der Waals surface area contributed by atoms with E-state index in [4.69, 9.17) is 14.0 Å². The van der Waals surface area contributed by atoms with Crippen LogP contribution < -0.4 is 5.32 Å². The van der Waals surface area contributed by atoms with Crippen LogP contribution in [0.2, 0.25) is 0 Å². The van der Waals surface area contributed by atoms with E-state index in [0.717, 1.165) is 47.5 Å². The Labute approximate surface area is 180 Å². The van der Waals surface area contributed by atoms with Crippen LogP contribution in [0.4, 0.5) is 0 Å². The van der Waals surface area contributed by atoms with Gasteiger partial charge in [0.1, 0.15) is 0 Å². The van der Waals surface area contributed by atoms with Crippen molar-refractivity contribution in [2.45, 2.75) is 19.9 Å². The number of halogens is 1. The molecule has 0 saturated carbocycles. The Kier molecular flexibility index (Phi) is 5.55. The van der Waals surface area contributed by atoms with Crippen LogP contribution in [-0.2, 0) is 0 Å². The molecule has 4 aromatic rings. The van der Waals surface area contributed by atoms with Crippen molar-refractivity contribution in [2.75, 3.05) is 26.7 Å². The summed E-state index contributed by atoms with van der Waals surface area (Å²) < 4.78 is 11.1. The molecule has 0 bridgehead atoms. The Balaban J connectivity index is 0.00000218. The van der Waals surface area contributed by atoms with E-state index in [9.17, 15) is 0 Å². The van der Waals surface area contributed by atoms with Crippen LogP contribution in [0.15, 0.2) is 39.4 Å². The van der Waals surface area contributed by atoms with E-state index >= 15 is 0 Å². The topological polar surface area (TPSA) is 93.1 Å². The van der Waals surface area contributed by atoms with Gasteiger partial charge in [-0.25, -0.2) is 4.98 Å². The second-order valence-electron chi connectivity index (χ2n) is 7.53. The van der Waals surface area contributed by atoms with Gasteiger partial charge in [0.15, 0.2) is 5.82 Å². The second kappa shape index (κ2) is 8.14. The number of aromatic nitrogens is 4. The summed E-state index contributed by atoms with van der Waals surface area (Å²) in [6, 6.07) is 10.2. The lowest BCUT2D eigenvalue weighted by Gasteiger charge is -2.30. The number of likely N-dealkylation sites (N-methyl/N-ethyl adjacent to an activating group) is 1. The Morgan fingerprint density at radius 2 is 1.87 bits per heavy atom. The van der Waals surface area contributed by atoms with Gasteiger partial charge in [-0.1, -0.05) is 40.1 Å². The molecule has 0 radical (unpaired) electrons. The Bertz CT molecular complexity index is 1170. The fourth-order valence-corrected chi connectivity index (χ4v) is 3.71. The minimum absolute atomic E-state index is 0. The third kappa shape index (κ3) is 3.58. The summed E-state index contributed by atoms with van der Waals surface area (Å²) in [4.78, 5) is 11.6. The van der Waals surface area contributed by atoms with Gasteiger partial charge in [-0.05, 0) is 27.0 Å². The van der Waals surface area contributed by atoms with Crippen LogP contribution in [0, 0.1) is 13.8 Å². The van der Waals surface area contributed by atoms with E-state index in [2.05, 4.69) is 51.6 Å². The monoisotopic (exact) mass is 426 g/mol. The predicted octanol–water partition coefficient (Wildman–Crippen LogP) is 3.55. The van der Waals surface area contributed by atoms with Crippen molar-refractivity contribution in [3.8, 4) is 22.7 Å². The first-order valence-electron chi connectivity index (χ1n) is 9.69. The Morgan fingerprint density at radius 3 is 2.63 bits per heavy atom. The van der Waals surface area contributed by atoms with E-state index in [-0.39, 0.29) is 18.4 Å². The summed E-state index contributed by atoms with van der Waals surface area (Å²) >= 11 is 0. The van der Waals surface area contributed by atoms with Gasteiger partial charge in [0.25, 0.3) is 11.6 Å². The molecular weight excluding hydrogens is 404 g/mol. The maximum Gasteiger partial charge on any atom is 0.259 e. The number of rotatable bonds is 3. The molecule has 1 aromatic carbocycles. The first-order chi connectivity index (χ1) is 14.1. The van der Waals surface area contributed by atoms with Crippen LogP contribution in [0.3, 0.4) is 0 Å². The average Bonchev–Trinajstić information content (AvgIpc) is 3.36. The van der Waals surface area contributed by atoms with E-state index < -0.39 is 0 Å². The molecule has 0 spiro atoms. The molecule has 4 heterocycles. The minimum Gasteiger partial charge on any atom is -0.335 e. The molecule has 8 nitrogen and oxygen atoms in total. The molecule has 156 valence electrons. The third-order valence-corrected chi connectivity index (χ3v) is 5.45. The van der Waals surface area contributed by atoms with Gasteiger partial charge >= 0.3 is 0 Å². The minimum atomic E-state index is 0. The number of hydrogen-bond donors (Lipinski definition) is 1. The molecule has 1 aliphatic rings. The number of nitrogens with zero attached hydrogens (tertiary/aromatic N) is 5. The maximum atomic E-state index is 5.68. The molecule has 1 saturated heterocycles. The first-order valence-corrected chi connectivity index (χ1v) is 9.69. The van der Waals surface area contributed by atoms with Crippen molar-refractivity contribution in [2.24, 2.45) is 0 Å². The van der Waals surface area contributed by atoms with Crippen molar-refractivity contribution in [3.05, 3.63) is 47.4 Å². The van der Waals surface area contributed by atoms with E-state index in [0.29, 0.717) is 17.4 Å². The van der Waals surface area contributed by atoms with E-state index in [1.54, 1.807) is 0 Å². The van der Waals surface area contributed by atoms with Crippen molar-refractivity contribution in [1.82, 2.24) is 30.5 Å². The van der Waals surface area contributed by atoms with Gasteiger partial charge in [0.2, 0.25) is 0 Å². The summed E-state index contributed by atoms with van der Waals surface area (Å²) in [5.41, 5.74) is 4.95. The van der Waals surface area contributed by atoms with Crippen LogP contribution in [-0.4, -0.2) is 51.9 Å². The van der Waals surface area contributed by atoms with Gasteiger partial charge in [0, 0.05) is 25.2 Å². The summed E-state index contributed by atoms with van der Waals surface area (Å²) in [6.07, 6.45) is 0. The van der Waals surface area contributed by atoms with Crippen LogP contribution in [0.25, 0.3) is 33.8 Å². The number of nitrogens with one attached hydrogen (secondary N) is 1. The molecule has 1 atom stereocenters. The number of hydrogen-bond acceptors (Lipinski definition) is 8. The summed E-state index contributed by atoms with van der Waals surface area (Å²) in [5.74, 6) is 1.12. The molecule has 1 unspecified atom stereocenters. The SMILES string of the molecule is Cc1ccc(-c2cc(-c3nc(C4CNCCN4C)no3)c3c(C)noc3n2)cc1.Cl. The van der Waals surface area contributed by atoms with Crippen LogP contribution >= 0.6 is 12.4 Å². The smallest absolute Gasteiger partial charge is 0.259 e. The highest BCUT2D eigenvalue weighted by Gasteiger charge is 2.27. The fourth-order valence-electron chi connectivity index (χ4n) is 3.71. The van der Waals surface area contributed by atoms with E-state index in [1.165, 1.54) is 5.56 Å². The first kappa shape index (κ1) is 20.5. The summed E-state index contributed by atoms with van der Waals surface area (Å²) in [5, 5.41) is 12.5. The van der Waals surface area contributed by atoms with Crippen LogP contribution in [0.5, 0.6) is 0 Å².